The first-order chi connectivity index (χ1) is 15.2. The summed E-state index contributed by atoms with van der Waals surface area (Å²) < 4.78 is 0. The van der Waals surface area contributed by atoms with Gasteiger partial charge in [0, 0.05) is 0 Å². The van der Waals surface area contributed by atoms with E-state index in [0.29, 0.717) is 0 Å². The van der Waals surface area contributed by atoms with Gasteiger partial charge in [-0.05, 0) is 111 Å². The maximum atomic E-state index is 2.24. The van der Waals surface area contributed by atoms with Crippen LogP contribution in [0.25, 0.3) is 22.3 Å². The van der Waals surface area contributed by atoms with Crippen LogP contribution in [0.3, 0.4) is 0 Å². The molecule has 0 spiro atoms. The Balaban J connectivity index is 0.000000181. The maximum Gasteiger partial charge on any atom is -0.0149 e. The van der Waals surface area contributed by atoms with E-state index in [9.17, 15) is 0 Å². The van der Waals surface area contributed by atoms with E-state index < -0.39 is 0 Å². The third-order valence-corrected chi connectivity index (χ3v) is 6.55. The summed E-state index contributed by atoms with van der Waals surface area (Å²) in [5.41, 5.74) is 16.3. The van der Waals surface area contributed by atoms with Gasteiger partial charge in [0.05, 0.1) is 0 Å². The predicted molar refractivity (Wildman–Crippen MR) is 142 cm³/mol. The second-order valence-electron chi connectivity index (χ2n) is 9.13. The van der Waals surface area contributed by atoms with Crippen LogP contribution in [0.1, 0.15) is 44.5 Å². The maximum absolute atomic E-state index is 2.24. The van der Waals surface area contributed by atoms with Gasteiger partial charge in [0.2, 0.25) is 0 Å². The van der Waals surface area contributed by atoms with Crippen LogP contribution in [0.5, 0.6) is 0 Å². The summed E-state index contributed by atoms with van der Waals surface area (Å²) in [6.07, 6.45) is 0. The molecule has 0 amide bonds. The molecule has 0 aromatic heterocycles. The summed E-state index contributed by atoms with van der Waals surface area (Å²) in [5, 5.41) is 0. The van der Waals surface area contributed by atoms with Crippen LogP contribution in [-0.2, 0) is 0 Å². The molecule has 0 aliphatic rings. The molecule has 4 aromatic rings. The lowest BCUT2D eigenvalue weighted by atomic mass is 9.92. The molecule has 32 heavy (non-hydrogen) atoms. The molecule has 0 N–H and O–H groups in total. The summed E-state index contributed by atoms with van der Waals surface area (Å²) in [5.74, 6) is 0. The van der Waals surface area contributed by atoms with E-state index in [2.05, 4.69) is 128 Å². The lowest BCUT2D eigenvalue weighted by Crippen LogP contribution is -1.91. The lowest BCUT2D eigenvalue weighted by Gasteiger charge is -2.12. The smallest absolute Gasteiger partial charge is 0.0149 e. The van der Waals surface area contributed by atoms with Crippen LogP contribution in [0.15, 0.2) is 72.8 Å². The van der Waals surface area contributed by atoms with Crippen molar-refractivity contribution in [3.63, 3.8) is 0 Å². The Labute approximate surface area is 195 Å². The fourth-order valence-electron chi connectivity index (χ4n) is 4.32. The Morgan fingerprint density at radius 1 is 0.344 bits per heavy atom. The van der Waals surface area contributed by atoms with Gasteiger partial charge in [0.25, 0.3) is 0 Å². The van der Waals surface area contributed by atoms with Crippen LogP contribution < -0.4 is 0 Å². The van der Waals surface area contributed by atoms with Crippen molar-refractivity contribution in [2.24, 2.45) is 0 Å². The molecule has 4 aromatic carbocycles. The zero-order valence-corrected chi connectivity index (χ0v) is 20.9. The quantitative estimate of drug-likeness (QED) is 0.303. The van der Waals surface area contributed by atoms with Crippen molar-refractivity contribution in [2.45, 2.75) is 55.4 Å². The van der Waals surface area contributed by atoms with Gasteiger partial charge in [-0.1, -0.05) is 83.9 Å². The van der Waals surface area contributed by atoms with Gasteiger partial charge in [-0.3, -0.25) is 0 Å². The Morgan fingerprint density at radius 3 is 1.06 bits per heavy atom. The van der Waals surface area contributed by atoms with E-state index in [1.165, 1.54) is 66.8 Å². The fourth-order valence-corrected chi connectivity index (χ4v) is 4.32. The largest absolute Gasteiger partial charge is 0.0614 e. The molecule has 0 saturated heterocycles. The highest BCUT2D eigenvalue weighted by Crippen LogP contribution is 2.30. The summed E-state index contributed by atoms with van der Waals surface area (Å²) in [7, 11) is 0. The van der Waals surface area contributed by atoms with Gasteiger partial charge >= 0.3 is 0 Å². The second-order valence-corrected chi connectivity index (χ2v) is 9.13. The van der Waals surface area contributed by atoms with E-state index in [0.717, 1.165) is 0 Å². The lowest BCUT2D eigenvalue weighted by molar-refractivity contribution is 1.30. The average molecular weight is 421 g/mol. The molecule has 0 atom stereocenters. The molecule has 0 aliphatic heterocycles. The summed E-state index contributed by atoms with van der Waals surface area (Å²) in [4.78, 5) is 0. The number of rotatable bonds is 2. The number of aryl methyl sites for hydroxylation is 6. The molecular weight excluding hydrogens is 384 g/mol. The summed E-state index contributed by atoms with van der Waals surface area (Å²) in [6, 6.07) is 26.3. The molecule has 0 heteroatoms. The minimum Gasteiger partial charge on any atom is -0.0614 e. The highest BCUT2D eigenvalue weighted by atomic mass is 14.1. The van der Waals surface area contributed by atoms with E-state index >= 15 is 0 Å². The normalized spacial score (nSPS) is 10.5. The molecule has 0 heterocycles. The second kappa shape index (κ2) is 10.0. The zero-order valence-electron chi connectivity index (χ0n) is 20.9. The predicted octanol–water partition coefficient (Wildman–Crippen LogP) is 9.17. The van der Waals surface area contributed by atoms with Gasteiger partial charge in [-0.15, -0.1) is 0 Å². The first-order valence-corrected chi connectivity index (χ1v) is 11.5. The number of hydrogen-bond donors (Lipinski definition) is 0. The summed E-state index contributed by atoms with van der Waals surface area (Å²) in [6.45, 7) is 17.4. The Hall–Kier alpha value is -3.12. The van der Waals surface area contributed by atoms with Crippen molar-refractivity contribution >= 4 is 0 Å². The standard InChI is InChI=1S/2C16H18/c1-11-5-7-15(13(3)9-11)16-8-6-12(2)10-14(16)4;1-11-7-5-9-15(13(11)3)16-10-6-8-12(2)14(16)4/h2*5-10H,1-4H3. The Kier molecular flexibility index (Phi) is 7.36. The molecule has 0 nitrogen and oxygen atoms in total. The monoisotopic (exact) mass is 420 g/mol. The van der Waals surface area contributed by atoms with Crippen molar-refractivity contribution in [3.8, 4) is 22.3 Å². The van der Waals surface area contributed by atoms with Crippen LogP contribution in [0.4, 0.5) is 0 Å². The highest BCUT2D eigenvalue weighted by molar-refractivity contribution is 5.72. The molecule has 0 aliphatic carbocycles. The summed E-state index contributed by atoms with van der Waals surface area (Å²) >= 11 is 0. The number of benzene rings is 4. The van der Waals surface area contributed by atoms with Crippen molar-refractivity contribution in [3.05, 3.63) is 117 Å². The van der Waals surface area contributed by atoms with E-state index in [-0.39, 0.29) is 0 Å². The van der Waals surface area contributed by atoms with E-state index in [4.69, 9.17) is 0 Å². The van der Waals surface area contributed by atoms with Crippen LogP contribution in [0.2, 0.25) is 0 Å². The third-order valence-electron chi connectivity index (χ3n) is 6.55. The van der Waals surface area contributed by atoms with Gasteiger partial charge in [0.15, 0.2) is 0 Å². The van der Waals surface area contributed by atoms with Gasteiger partial charge < -0.3 is 0 Å². The molecule has 164 valence electrons. The molecular formula is C32H36. The van der Waals surface area contributed by atoms with Crippen molar-refractivity contribution in [1.29, 1.82) is 0 Å². The molecule has 4 rings (SSSR count). The Morgan fingerprint density at radius 2 is 0.719 bits per heavy atom. The molecule has 0 radical (unpaired) electrons. The van der Waals surface area contributed by atoms with Crippen molar-refractivity contribution < 1.29 is 0 Å². The zero-order chi connectivity index (χ0) is 23.4. The fraction of sp³-hybridized carbons (Fsp3) is 0.250. The first kappa shape index (κ1) is 23.5. The van der Waals surface area contributed by atoms with E-state index in [1.54, 1.807) is 0 Å². The van der Waals surface area contributed by atoms with Crippen molar-refractivity contribution in [2.75, 3.05) is 0 Å². The Bertz CT molecular complexity index is 1140. The minimum atomic E-state index is 1.33. The number of hydrogen-bond acceptors (Lipinski definition) is 0. The van der Waals surface area contributed by atoms with Gasteiger partial charge in [-0.2, -0.15) is 0 Å². The van der Waals surface area contributed by atoms with Crippen LogP contribution in [0, 0.1) is 55.4 Å². The third kappa shape index (κ3) is 5.19. The molecule has 0 bridgehead atoms. The van der Waals surface area contributed by atoms with Crippen LogP contribution in [-0.4, -0.2) is 0 Å². The minimum absolute atomic E-state index is 1.33. The molecule has 0 fully saturated rings. The van der Waals surface area contributed by atoms with Gasteiger partial charge in [-0.25, -0.2) is 0 Å². The highest BCUT2D eigenvalue weighted by Gasteiger charge is 2.07. The first-order valence-electron chi connectivity index (χ1n) is 11.5. The topological polar surface area (TPSA) is 0 Å². The molecule has 0 saturated carbocycles. The van der Waals surface area contributed by atoms with Crippen molar-refractivity contribution in [1.82, 2.24) is 0 Å². The SMILES string of the molecule is Cc1ccc(-c2ccc(C)cc2C)c(C)c1.Cc1cccc(-c2cccc(C)c2C)c1C. The molecule has 0 unspecified atom stereocenters. The van der Waals surface area contributed by atoms with E-state index in [1.807, 2.05) is 0 Å². The van der Waals surface area contributed by atoms with Crippen LogP contribution >= 0.6 is 0 Å². The average Bonchev–Trinajstić information content (AvgIpc) is 2.74. The van der Waals surface area contributed by atoms with Gasteiger partial charge in [0.1, 0.15) is 0 Å².